The van der Waals surface area contributed by atoms with Gasteiger partial charge in [0.1, 0.15) is 4.88 Å². The van der Waals surface area contributed by atoms with Crippen LogP contribution in [0.2, 0.25) is 0 Å². The molecule has 1 aliphatic carbocycles. The third kappa shape index (κ3) is 3.08. The van der Waals surface area contributed by atoms with Gasteiger partial charge in [-0.25, -0.2) is 4.98 Å². The van der Waals surface area contributed by atoms with Gasteiger partial charge in [-0.15, -0.1) is 0 Å². The molecule has 4 nitrogen and oxygen atoms in total. The summed E-state index contributed by atoms with van der Waals surface area (Å²) in [6, 6.07) is 0.350. The van der Waals surface area contributed by atoms with E-state index < -0.39 is 0 Å². The Labute approximate surface area is 119 Å². The molecule has 2 rings (SSSR count). The summed E-state index contributed by atoms with van der Waals surface area (Å²) in [7, 11) is 1.90. The molecule has 0 saturated heterocycles. The number of nitrogen functional groups attached to an aromatic ring is 1. The molecule has 5 heteroatoms. The van der Waals surface area contributed by atoms with E-state index in [9.17, 15) is 4.79 Å². The number of nitrogens with zero attached hydrogens (tertiary/aromatic N) is 2. The quantitative estimate of drug-likeness (QED) is 0.906. The highest BCUT2D eigenvalue weighted by atomic mass is 32.1. The van der Waals surface area contributed by atoms with Crippen molar-refractivity contribution in [2.45, 2.75) is 52.5 Å². The largest absolute Gasteiger partial charge is 0.375 e. The van der Waals surface area contributed by atoms with Crippen LogP contribution in [0, 0.1) is 12.3 Å². The SMILES string of the molecule is Cc1nc(N)sc1C(=O)N(C)C1CCC(C)(C)CC1. The third-order valence-electron chi connectivity index (χ3n) is 4.18. The molecule has 2 N–H and O–H groups in total. The first-order valence-corrected chi connectivity index (χ1v) is 7.62. The minimum Gasteiger partial charge on any atom is -0.375 e. The Bertz CT molecular complexity index is 471. The summed E-state index contributed by atoms with van der Waals surface area (Å²) in [5, 5.41) is 0.471. The van der Waals surface area contributed by atoms with Crippen LogP contribution < -0.4 is 5.73 Å². The first-order chi connectivity index (χ1) is 8.80. The second kappa shape index (κ2) is 5.12. The molecule has 1 aromatic rings. The van der Waals surface area contributed by atoms with Crippen LogP contribution in [-0.4, -0.2) is 28.9 Å². The number of nitrogens with two attached hydrogens (primary N) is 1. The van der Waals surface area contributed by atoms with Crippen LogP contribution in [0.5, 0.6) is 0 Å². The number of aryl methyl sites for hydroxylation is 1. The van der Waals surface area contributed by atoms with Gasteiger partial charge in [-0.2, -0.15) is 0 Å². The zero-order valence-electron chi connectivity index (χ0n) is 12.2. The van der Waals surface area contributed by atoms with Crippen molar-refractivity contribution < 1.29 is 4.79 Å². The van der Waals surface area contributed by atoms with Gasteiger partial charge < -0.3 is 10.6 Å². The Balaban J connectivity index is 2.06. The molecular weight excluding hydrogens is 258 g/mol. The van der Waals surface area contributed by atoms with Gasteiger partial charge in [-0.3, -0.25) is 4.79 Å². The third-order valence-corrected chi connectivity index (χ3v) is 5.16. The molecule has 19 heavy (non-hydrogen) atoms. The highest BCUT2D eigenvalue weighted by molar-refractivity contribution is 7.17. The fourth-order valence-electron chi connectivity index (χ4n) is 2.71. The second-order valence-electron chi connectivity index (χ2n) is 6.28. The Morgan fingerprint density at radius 3 is 2.47 bits per heavy atom. The molecule has 0 aromatic carbocycles. The summed E-state index contributed by atoms with van der Waals surface area (Å²) in [5.74, 6) is 0.0661. The van der Waals surface area contributed by atoms with Gasteiger partial charge in [0, 0.05) is 13.1 Å². The number of anilines is 1. The molecule has 106 valence electrons. The lowest BCUT2D eigenvalue weighted by Gasteiger charge is -2.38. The fraction of sp³-hybridized carbons (Fsp3) is 0.714. The highest BCUT2D eigenvalue weighted by Gasteiger charge is 2.31. The van der Waals surface area contributed by atoms with E-state index in [4.69, 9.17) is 5.73 Å². The zero-order chi connectivity index (χ0) is 14.2. The van der Waals surface area contributed by atoms with Crippen molar-refractivity contribution in [1.29, 1.82) is 0 Å². The van der Waals surface area contributed by atoms with Gasteiger partial charge >= 0.3 is 0 Å². The molecule has 1 fully saturated rings. The molecule has 0 spiro atoms. The number of hydrogen-bond acceptors (Lipinski definition) is 4. The van der Waals surface area contributed by atoms with Crippen molar-refractivity contribution in [3.05, 3.63) is 10.6 Å². The van der Waals surface area contributed by atoms with Gasteiger partial charge in [0.2, 0.25) is 0 Å². The highest BCUT2D eigenvalue weighted by Crippen LogP contribution is 2.37. The van der Waals surface area contributed by atoms with Crippen LogP contribution in [-0.2, 0) is 0 Å². The summed E-state index contributed by atoms with van der Waals surface area (Å²) < 4.78 is 0. The fourth-order valence-corrected chi connectivity index (χ4v) is 3.53. The minimum atomic E-state index is 0.0661. The molecule has 1 heterocycles. The smallest absolute Gasteiger partial charge is 0.265 e. The van der Waals surface area contributed by atoms with Crippen molar-refractivity contribution in [2.24, 2.45) is 5.41 Å². The van der Waals surface area contributed by atoms with E-state index in [1.54, 1.807) is 0 Å². The topological polar surface area (TPSA) is 59.2 Å². The lowest BCUT2D eigenvalue weighted by atomic mass is 9.75. The van der Waals surface area contributed by atoms with Crippen molar-refractivity contribution in [3.8, 4) is 0 Å². The number of hydrogen-bond donors (Lipinski definition) is 1. The molecule has 1 saturated carbocycles. The molecule has 0 atom stereocenters. The molecule has 0 aliphatic heterocycles. The number of rotatable bonds is 2. The van der Waals surface area contributed by atoms with Gasteiger partial charge in [0.25, 0.3) is 5.91 Å². The maximum absolute atomic E-state index is 12.5. The van der Waals surface area contributed by atoms with Crippen molar-refractivity contribution >= 4 is 22.4 Å². The minimum absolute atomic E-state index is 0.0661. The van der Waals surface area contributed by atoms with Crippen molar-refractivity contribution in [2.75, 3.05) is 12.8 Å². The van der Waals surface area contributed by atoms with Crippen molar-refractivity contribution in [3.63, 3.8) is 0 Å². The number of amides is 1. The molecule has 1 amide bonds. The second-order valence-corrected chi connectivity index (χ2v) is 7.31. The predicted molar refractivity (Wildman–Crippen MR) is 79.4 cm³/mol. The van der Waals surface area contributed by atoms with Gasteiger partial charge in [-0.05, 0) is 38.0 Å². The van der Waals surface area contributed by atoms with Gasteiger partial charge in [0.15, 0.2) is 5.13 Å². The van der Waals surface area contributed by atoms with Crippen LogP contribution in [0.25, 0.3) is 0 Å². The van der Waals surface area contributed by atoms with E-state index in [0.717, 1.165) is 18.5 Å². The summed E-state index contributed by atoms with van der Waals surface area (Å²) in [5.41, 5.74) is 6.84. The number of aromatic nitrogens is 1. The summed E-state index contributed by atoms with van der Waals surface area (Å²) in [4.78, 5) is 19.2. The standard InChI is InChI=1S/C14H23N3OS/c1-9-11(19-13(15)16-9)12(18)17(4)10-5-7-14(2,3)8-6-10/h10H,5-8H2,1-4H3,(H2,15,16). The maximum Gasteiger partial charge on any atom is 0.265 e. The number of thiazole rings is 1. The first kappa shape index (κ1) is 14.3. The maximum atomic E-state index is 12.5. The first-order valence-electron chi connectivity index (χ1n) is 6.80. The summed E-state index contributed by atoms with van der Waals surface area (Å²) in [6.45, 7) is 6.45. The normalized spacial score (nSPS) is 19.4. The summed E-state index contributed by atoms with van der Waals surface area (Å²) >= 11 is 1.29. The van der Waals surface area contributed by atoms with Crippen LogP contribution in [0.15, 0.2) is 0 Å². The van der Waals surface area contributed by atoms with E-state index in [-0.39, 0.29) is 5.91 Å². The molecule has 1 aromatic heterocycles. The van der Waals surface area contributed by atoms with E-state index in [1.165, 1.54) is 24.2 Å². The lowest BCUT2D eigenvalue weighted by Crippen LogP contribution is -2.40. The van der Waals surface area contributed by atoms with Gasteiger partial charge in [-0.1, -0.05) is 25.2 Å². The van der Waals surface area contributed by atoms with Crippen LogP contribution in [0.3, 0.4) is 0 Å². The van der Waals surface area contributed by atoms with Crippen LogP contribution in [0.1, 0.15) is 54.9 Å². The molecule has 1 aliphatic rings. The molecule has 0 radical (unpaired) electrons. The van der Waals surface area contributed by atoms with Gasteiger partial charge in [0.05, 0.1) is 5.69 Å². The Hall–Kier alpha value is -1.10. The average molecular weight is 281 g/mol. The van der Waals surface area contributed by atoms with Crippen molar-refractivity contribution in [1.82, 2.24) is 9.88 Å². The Morgan fingerprint density at radius 1 is 1.42 bits per heavy atom. The predicted octanol–water partition coefficient (Wildman–Crippen LogP) is 3.07. The van der Waals surface area contributed by atoms with E-state index in [1.807, 2.05) is 18.9 Å². The van der Waals surface area contributed by atoms with E-state index in [0.29, 0.717) is 21.5 Å². The zero-order valence-corrected chi connectivity index (χ0v) is 13.0. The Morgan fingerprint density at radius 2 is 2.00 bits per heavy atom. The monoisotopic (exact) mass is 281 g/mol. The van der Waals surface area contributed by atoms with E-state index >= 15 is 0 Å². The molecule has 0 unspecified atom stereocenters. The lowest BCUT2D eigenvalue weighted by molar-refractivity contribution is 0.0639. The Kier molecular flexibility index (Phi) is 3.85. The summed E-state index contributed by atoms with van der Waals surface area (Å²) in [6.07, 6.45) is 4.53. The molecule has 0 bridgehead atoms. The number of carbonyl (C=O) groups is 1. The van der Waals surface area contributed by atoms with E-state index in [2.05, 4.69) is 18.8 Å². The number of carbonyl (C=O) groups excluding carboxylic acids is 1. The van der Waals surface area contributed by atoms with Crippen LogP contribution >= 0.6 is 11.3 Å². The molecular formula is C14H23N3OS. The average Bonchev–Trinajstić information content (AvgIpc) is 2.66. The van der Waals surface area contributed by atoms with Crippen LogP contribution in [0.4, 0.5) is 5.13 Å².